The fourth-order valence-corrected chi connectivity index (χ4v) is 3.47. The lowest BCUT2D eigenvalue weighted by Gasteiger charge is -2.28. The third-order valence-corrected chi connectivity index (χ3v) is 4.37. The molecule has 0 saturated carbocycles. The van der Waals surface area contributed by atoms with E-state index < -0.39 is 10.8 Å². The largest absolute Gasteiger partial charge is 0.310 e. The van der Waals surface area contributed by atoms with Crippen molar-refractivity contribution in [3.63, 3.8) is 0 Å². The Morgan fingerprint density at radius 1 is 1.47 bits per heavy atom. The minimum atomic E-state index is -0.885. The van der Waals surface area contributed by atoms with Crippen LogP contribution < -0.4 is 5.32 Å². The van der Waals surface area contributed by atoms with Crippen molar-refractivity contribution in [1.29, 1.82) is 0 Å². The number of hydrogen-bond donors (Lipinski definition) is 1. The number of rotatable bonds is 4. The molecule has 2 nitrogen and oxygen atoms in total. The van der Waals surface area contributed by atoms with Crippen molar-refractivity contribution < 1.29 is 4.21 Å². The SMILES string of the molecule is CCCNC1CCCc2cccc(S(C)=O)c21. The minimum Gasteiger partial charge on any atom is -0.310 e. The highest BCUT2D eigenvalue weighted by atomic mass is 32.2. The molecule has 2 rings (SSSR count). The maximum atomic E-state index is 11.8. The molecule has 0 radical (unpaired) electrons. The average Bonchev–Trinajstić information content (AvgIpc) is 2.35. The van der Waals surface area contributed by atoms with Gasteiger partial charge in [0.1, 0.15) is 0 Å². The van der Waals surface area contributed by atoms with E-state index in [2.05, 4.69) is 18.3 Å². The summed E-state index contributed by atoms with van der Waals surface area (Å²) in [7, 11) is -0.885. The van der Waals surface area contributed by atoms with E-state index in [0.29, 0.717) is 6.04 Å². The van der Waals surface area contributed by atoms with Crippen molar-refractivity contribution in [3.8, 4) is 0 Å². The Balaban J connectivity index is 2.36. The van der Waals surface area contributed by atoms with Crippen LogP contribution in [0, 0.1) is 0 Å². The van der Waals surface area contributed by atoms with Gasteiger partial charge < -0.3 is 5.32 Å². The monoisotopic (exact) mass is 251 g/mol. The molecule has 0 heterocycles. The van der Waals surface area contributed by atoms with Gasteiger partial charge in [-0.2, -0.15) is 0 Å². The van der Waals surface area contributed by atoms with Gasteiger partial charge in [-0.05, 0) is 49.4 Å². The van der Waals surface area contributed by atoms with Crippen LogP contribution in [0.25, 0.3) is 0 Å². The van der Waals surface area contributed by atoms with Gasteiger partial charge in [0.15, 0.2) is 0 Å². The second-order valence-electron chi connectivity index (χ2n) is 4.68. The van der Waals surface area contributed by atoms with Crippen LogP contribution in [0.4, 0.5) is 0 Å². The first-order valence-corrected chi connectivity index (χ1v) is 7.98. The van der Waals surface area contributed by atoms with E-state index >= 15 is 0 Å². The predicted molar refractivity (Wildman–Crippen MR) is 72.7 cm³/mol. The third-order valence-electron chi connectivity index (χ3n) is 3.39. The van der Waals surface area contributed by atoms with E-state index in [0.717, 1.165) is 24.3 Å². The van der Waals surface area contributed by atoms with Gasteiger partial charge in [-0.25, -0.2) is 0 Å². The zero-order valence-electron chi connectivity index (χ0n) is 10.7. The summed E-state index contributed by atoms with van der Waals surface area (Å²) in [6.07, 6.45) is 6.45. The molecule has 1 aromatic carbocycles. The quantitative estimate of drug-likeness (QED) is 0.891. The lowest BCUT2D eigenvalue weighted by molar-refractivity contribution is 0.453. The van der Waals surface area contributed by atoms with Crippen molar-refractivity contribution in [2.24, 2.45) is 0 Å². The normalized spacial score (nSPS) is 20.9. The number of nitrogens with one attached hydrogen (secondary N) is 1. The van der Waals surface area contributed by atoms with Gasteiger partial charge >= 0.3 is 0 Å². The summed E-state index contributed by atoms with van der Waals surface area (Å²) < 4.78 is 11.8. The molecule has 3 heteroatoms. The number of fused-ring (bicyclic) bond motifs is 1. The zero-order valence-corrected chi connectivity index (χ0v) is 11.5. The summed E-state index contributed by atoms with van der Waals surface area (Å²) in [5.41, 5.74) is 2.70. The van der Waals surface area contributed by atoms with Crippen LogP contribution in [0.15, 0.2) is 23.1 Å². The first-order valence-electron chi connectivity index (χ1n) is 6.42. The molecule has 2 unspecified atom stereocenters. The number of aryl methyl sites for hydroxylation is 1. The highest BCUT2D eigenvalue weighted by molar-refractivity contribution is 7.84. The van der Waals surface area contributed by atoms with Gasteiger partial charge in [0, 0.05) is 17.2 Å². The van der Waals surface area contributed by atoms with E-state index in [9.17, 15) is 4.21 Å². The molecule has 0 amide bonds. The Kier molecular flexibility index (Phi) is 4.35. The predicted octanol–water partition coefficient (Wildman–Crippen LogP) is 2.80. The molecule has 17 heavy (non-hydrogen) atoms. The second kappa shape index (κ2) is 5.78. The fraction of sp³-hybridized carbons (Fsp3) is 0.571. The minimum absolute atomic E-state index is 0.402. The standard InChI is InChI=1S/C14H21NOS/c1-3-10-15-12-8-4-6-11-7-5-9-13(14(11)12)17(2)16/h5,7,9,12,15H,3-4,6,8,10H2,1-2H3. The van der Waals surface area contributed by atoms with Gasteiger partial charge in [-0.15, -0.1) is 0 Å². The molecule has 2 atom stereocenters. The van der Waals surface area contributed by atoms with E-state index in [1.54, 1.807) is 6.26 Å². The Hall–Kier alpha value is -0.670. The molecule has 1 N–H and O–H groups in total. The Bertz CT molecular complexity index is 417. The van der Waals surface area contributed by atoms with Gasteiger partial charge in [0.25, 0.3) is 0 Å². The molecule has 0 saturated heterocycles. The Labute approximate surface area is 106 Å². The maximum absolute atomic E-state index is 11.8. The van der Waals surface area contributed by atoms with Crippen molar-refractivity contribution in [2.75, 3.05) is 12.8 Å². The lowest BCUT2D eigenvalue weighted by Crippen LogP contribution is -2.27. The molecule has 94 valence electrons. The van der Waals surface area contributed by atoms with Gasteiger partial charge in [0.2, 0.25) is 0 Å². The highest BCUT2D eigenvalue weighted by Gasteiger charge is 2.23. The molecular formula is C14H21NOS. The third kappa shape index (κ3) is 2.78. The first kappa shape index (κ1) is 12.8. The molecule has 1 aliphatic carbocycles. The molecule has 0 fully saturated rings. The summed E-state index contributed by atoms with van der Waals surface area (Å²) in [4.78, 5) is 1.02. The van der Waals surface area contributed by atoms with E-state index in [1.165, 1.54) is 24.0 Å². The van der Waals surface area contributed by atoms with Crippen LogP contribution in [-0.4, -0.2) is 17.0 Å². The maximum Gasteiger partial charge on any atom is 0.0501 e. The van der Waals surface area contributed by atoms with E-state index in [-0.39, 0.29) is 0 Å². The second-order valence-corrected chi connectivity index (χ2v) is 6.03. The number of benzene rings is 1. The summed E-state index contributed by atoms with van der Waals surface area (Å²) in [6.45, 7) is 3.22. The average molecular weight is 251 g/mol. The van der Waals surface area contributed by atoms with E-state index in [4.69, 9.17) is 0 Å². The highest BCUT2D eigenvalue weighted by Crippen LogP contribution is 2.33. The zero-order chi connectivity index (χ0) is 12.3. The van der Waals surface area contributed by atoms with Crippen LogP contribution in [0.5, 0.6) is 0 Å². The van der Waals surface area contributed by atoms with Crippen LogP contribution in [-0.2, 0) is 17.2 Å². The molecule has 0 aromatic heterocycles. The van der Waals surface area contributed by atoms with Crippen LogP contribution in [0.2, 0.25) is 0 Å². The van der Waals surface area contributed by atoms with Crippen LogP contribution in [0.1, 0.15) is 43.4 Å². The topological polar surface area (TPSA) is 29.1 Å². The van der Waals surface area contributed by atoms with Crippen LogP contribution >= 0.6 is 0 Å². The summed E-state index contributed by atoms with van der Waals surface area (Å²) >= 11 is 0. The molecule has 1 aliphatic rings. The van der Waals surface area contributed by atoms with Crippen molar-refractivity contribution in [2.45, 2.75) is 43.5 Å². The van der Waals surface area contributed by atoms with E-state index in [1.807, 2.05) is 12.1 Å². The lowest BCUT2D eigenvalue weighted by atomic mass is 9.87. The van der Waals surface area contributed by atoms with Crippen molar-refractivity contribution in [1.82, 2.24) is 5.32 Å². The molecule has 0 spiro atoms. The van der Waals surface area contributed by atoms with Gasteiger partial charge in [-0.1, -0.05) is 19.1 Å². The summed E-state index contributed by atoms with van der Waals surface area (Å²) in [6, 6.07) is 6.64. The van der Waals surface area contributed by atoms with Gasteiger partial charge in [-0.3, -0.25) is 4.21 Å². The molecule has 0 bridgehead atoms. The summed E-state index contributed by atoms with van der Waals surface area (Å²) in [5.74, 6) is 0. The Morgan fingerprint density at radius 2 is 2.29 bits per heavy atom. The molecule has 0 aliphatic heterocycles. The smallest absolute Gasteiger partial charge is 0.0501 e. The molecule has 1 aromatic rings. The number of hydrogen-bond acceptors (Lipinski definition) is 2. The van der Waals surface area contributed by atoms with Crippen molar-refractivity contribution in [3.05, 3.63) is 29.3 Å². The van der Waals surface area contributed by atoms with Gasteiger partial charge in [0.05, 0.1) is 10.8 Å². The Morgan fingerprint density at radius 3 is 3.00 bits per heavy atom. The summed E-state index contributed by atoms with van der Waals surface area (Å²) in [5, 5.41) is 3.59. The fourth-order valence-electron chi connectivity index (χ4n) is 2.62. The van der Waals surface area contributed by atoms with Crippen LogP contribution in [0.3, 0.4) is 0 Å². The first-order chi connectivity index (χ1) is 8.24. The van der Waals surface area contributed by atoms with Crippen molar-refractivity contribution >= 4 is 10.8 Å². The molecular weight excluding hydrogens is 230 g/mol.